The Hall–Kier alpha value is -1.10. The van der Waals surface area contributed by atoms with Crippen LogP contribution in [0, 0.1) is 5.92 Å². The van der Waals surface area contributed by atoms with Crippen LogP contribution in [0.15, 0.2) is 4.42 Å². The first-order valence-corrected chi connectivity index (χ1v) is 7.11. The first-order valence-electron chi connectivity index (χ1n) is 7.11. The minimum Gasteiger partial charge on any atom is -0.407 e. The molecule has 5 nitrogen and oxygen atoms in total. The van der Waals surface area contributed by atoms with E-state index >= 15 is 0 Å². The maximum Gasteiger partial charge on any atom is 0.315 e. The van der Waals surface area contributed by atoms with Crippen molar-refractivity contribution >= 4 is 6.01 Å². The van der Waals surface area contributed by atoms with Crippen molar-refractivity contribution in [3.63, 3.8) is 0 Å². The second-order valence-corrected chi connectivity index (χ2v) is 5.11. The third-order valence-corrected chi connectivity index (χ3v) is 3.31. The average Bonchev–Trinajstić information content (AvgIpc) is 3.08. The normalized spacial score (nSPS) is 16.8. The Balaban J connectivity index is 1.76. The highest BCUT2D eigenvalue weighted by atomic mass is 16.4. The van der Waals surface area contributed by atoms with Gasteiger partial charge in [-0.2, -0.15) is 0 Å². The Kier molecular flexibility index (Phi) is 4.99. The van der Waals surface area contributed by atoms with Gasteiger partial charge in [-0.3, -0.25) is 0 Å². The third kappa shape index (κ3) is 4.29. The summed E-state index contributed by atoms with van der Waals surface area (Å²) in [6.07, 6.45) is 6.20. The maximum absolute atomic E-state index is 5.57. The Morgan fingerprint density at radius 2 is 2.17 bits per heavy atom. The zero-order valence-electron chi connectivity index (χ0n) is 11.4. The van der Waals surface area contributed by atoms with Crippen LogP contribution in [0.3, 0.4) is 0 Å². The number of anilines is 1. The fourth-order valence-electron chi connectivity index (χ4n) is 2.01. The summed E-state index contributed by atoms with van der Waals surface area (Å²) in [5.41, 5.74) is 0. The van der Waals surface area contributed by atoms with E-state index in [2.05, 4.69) is 34.7 Å². The van der Waals surface area contributed by atoms with Gasteiger partial charge in [0.2, 0.25) is 5.89 Å². The summed E-state index contributed by atoms with van der Waals surface area (Å²) in [4.78, 5) is 0. The molecule has 0 radical (unpaired) electrons. The third-order valence-electron chi connectivity index (χ3n) is 3.31. The number of aromatic nitrogens is 2. The lowest BCUT2D eigenvalue weighted by Crippen LogP contribution is -2.19. The molecule has 0 aliphatic heterocycles. The largest absolute Gasteiger partial charge is 0.407 e. The molecule has 1 aliphatic rings. The summed E-state index contributed by atoms with van der Waals surface area (Å²) in [7, 11) is 0. The molecule has 0 amide bonds. The summed E-state index contributed by atoms with van der Waals surface area (Å²) in [6.45, 7) is 5.96. The number of nitrogens with one attached hydrogen (secondary N) is 2. The molecule has 0 aromatic carbocycles. The lowest BCUT2D eigenvalue weighted by Gasteiger charge is -2.14. The smallest absolute Gasteiger partial charge is 0.315 e. The monoisotopic (exact) mass is 252 g/mol. The number of hydrogen-bond acceptors (Lipinski definition) is 5. The van der Waals surface area contributed by atoms with Gasteiger partial charge in [0.25, 0.3) is 0 Å². The molecule has 102 valence electrons. The first-order chi connectivity index (χ1) is 8.81. The Morgan fingerprint density at radius 1 is 1.33 bits per heavy atom. The van der Waals surface area contributed by atoms with E-state index in [0.29, 0.717) is 24.5 Å². The van der Waals surface area contributed by atoms with E-state index in [9.17, 15) is 0 Å². The highest BCUT2D eigenvalue weighted by molar-refractivity contribution is 5.19. The molecular weight excluding hydrogens is 228 g/mol. The minimum absolute atomic E-state index is 0.467. The van der Waals surface area contributed by atoms with Crippen molar-refractivity contribution in [2.75, 3.05) is 11.9 Å². The minimum atomic E-state index is 0.467. The van der Waals surface area contributed by atoms with Gasteiger partial charge in [0.1, 0.15) is 0 Å². The van der Waals surface area contributed by atoms with E-state index in [4.69, 9.17) is 4.42 Å². The zero-order chi connectivity index (χ0) is 12.8. The molecular formula is C13H24N4O. The van der Waals surface area contributed by atoms with Crippen molar-refractivity contribution in [1.82, 2.24) is 15.5 Å². The van der Waals surface area contributed by atoms with Gasteiger partial charge >= 0.3 is 6.01 Å². The van der Waals surface area contributed by atoms with Gasteiger partial charge < -0.3 is 15.1 Å². The van der Waals surface area contributed by atoms with Gasteiger partial charge in [0.15, 0.2) is 0 Å². The van der Waals surface area contributed by atoms with Gasteiger partial charge in [-0.25, -0.2) is 0 Å². The Bertz CT molecular complexity index is 349. The first kappa shape index (κ1) is 13.3. The van der Waals surface area contributed by atoms with Crippen LogP contribution in [0.25, 0.3) is 0 Å². The SMILES string of the molecule is CCCNCc1nnc(NC(CC)CC2CC2)o1. The van der Waals surface area contributed by atoms with E-state index in [0.717, 1.165) is 25.3 Å². The standard InChI is InChI=1S/C13H24N4O/c1-3-7-14-9-12-16-17-13(18-12)15-11(4-2)8-10-5-6-10/h10-11,14H,3-9H2,1-2H3,(H,15,17). The molecule has 0 saturated heterocycles. The summed E-state index contributed by atoms with van der Waals surface area (Å²) in [6, 6.07) is 1.03. The quantitative estimate of drug-likeness (QED) is 0.661. The number of hydrogen-bond donors (Lipinski definition) is 2. The average molecular weight is 252 g/mol. The second kappa shape index (κ2) is 6.73. The van der Waals surface area contributed by atoms with Crippen molar-refractivity contribution in [1.29, 1.82) is 0 Å². The van der Waals surface area contributed by atoms with Crippen LogP contribution in [0.4, 0.5) is 6.01 Å². The van der Waals surface area contributed by atoms with Crippen LogP contribution in [0.1, 0.15) is 51.8 Å². The van der Waals surface area contributed by atoms with Crippen LogP contribution in [0.2, 0.25) is 0 Å². The molecule has 1 aromatic rings. The lowest BCUT2D eigenvalue weighted by atomic mass is 10.1. The van der Waals surface area contributed by atoms with Gasteiger partial charge in [-0.1, -0.05) is 31.8 Å². The predicted molar refractivity (Wildman–Crippen MR) is 71.3 cm³/mol. The summed E-state index contributed by atoms with van der Waals surface area (Å²) >= 11 is 0. The van der Waals surface area contributed by atoms with Gasteiger partial charge in [0, 0.05) is 6.04 Å². The molecule has 1 fully saturated rings. The van der Waals surface area contributed by atoms with E-state index in [1.807, 2.05) is 0 Å². The molecule has 2 rings (SSSR count). The van der Waals surface area contributed by atoms with Crippen molar-refractivity contribution in [2.45, 2.75) is 58.5 Å². The van der Waals surface area contributed by atoms with Crippen LogP contribution >= 0.6 is 0 Å². The van der Waals surface area contributed by atoms with Crippen molar-refractivity contribution in [3.05, 3.63) is 5.89 Å². The summed E-state index contributed by atoms with van der Waals surface area (Å²) < 4.78 is 5.57. The lowest BCUT2D eigenvalue weighted by molar-refractivity contribution is 0.466. The van der Waals surface area contributed by atoms with Crippen LogP contribution in [0.5, 0.6) is 0 Å². The molecule has 1 atom stereocenters. The molecule has 1 aliphatic carbocycles. The summed E-state index contributed by atoms with van der Waals surface area (Å²) in [5.74, 6) is 1.57. The van der Waals surface area contributed by atoms with Crippen LogP contribution < -0.4 is 10.6 Å². The van der Waals surface area contributed by atoms with E-state index in [1.165, 1.54) is 19.3 Å². The highest BCUT2D eigenvalue weighted by Gasteiger charge is 2.25. The van der Waals surface area contributed by atoms with E-state index < -0.39 is 0 Å². The Labute approximate surface area is 109 Å². The molecule has 0 spiro atoms. The molecule has 0 bridgehead atoms. The number of nitrogens with zero attached hydrogens (tertiary/aromatic N) is 2. The number of rotatable bonds is 9. The van der Waals surface area contributed by atoms with Crippen LogP contribution in [-0.2, 0) is 6.54 Å². The van der Waals surface area contributed by atoms with Crippen LogP contribution in [-0.4, -0.2) is 22.8 Å². The molecule has 1 heterocycles. The predicted octanol–water partition coefficient (Wildman–Crippen LogP) is 2.56. The van der Waals surface area contributed by atoms with Crippen molar-refractivity contribution < 1.29 is 4.42 Å². The molecule has 1 saturated carbocycles. The summed E-state index contributed by atoms with van der Waals surface area (Å²) in [5, 5.41) is 14.7. The molecule has 18 heavy (non-hydrogen) atoms. The molecule has 1 unspecified atom stereocenters. The van der Waals surface area contributed by atoms with Gasteiger partial charge in [0.05, 0.1) is 6.54 Å². The van der Waals surface area contributed by atoms with E-state index in [-0.39, 0.29) is 0 Å². The fraction of sp³-hybridized carbons (Fsp3) is 0.846. The molecule has 5 heteroatoms. The highest BCUT2D eigenvalue weighted by Crippen LogP contribution is 2.34. The topological polar surface area (TPSA) is 63.0 Å². The van der Waals surface area contributed by atoms with Gasteiger partial charge in [-0.05, 0) is 31.7 Å². The zero-order valence-corrected chi connectivity index (χ0v) is 11.4. The van der Waals surface area contributed by atoms with E-state index in [1.54, 1.807) is 0 Å². The van der Waals surface area contributed by atoms with Gasteiger partial charge in [-0.15, -0.1) is 5.10 Å². The maximum atomic E-state index is 5.57. The Morgan fingerprint density at radius 3 is 2.83 bits per heavy atom. The van der Waals surface area contributed by atoms with Crippen molar-refractivity contribution in [3.8, 4) is 0 Å². The second-order valence-electron chi connectivity index (χ2n) is 5.11. The molecule has 2 N–H and O–H groups in total. The fourth-order valence-corrected chi connectivity index (χ4v) is 2.01. The van der Waals surface area contributed by atoms with Crippen molar-refractivity contribution in [2.24, 2.45) is 5.92 Å². The molecule has 1 aromatic heterocycles.